The third-order valence-electron chi connectivity index (χ3n) is 10.4. The Labute approximate surface area is 222 Å². The van der Waals surface area contributed by atoms with E-state index in [1.807, 2.05) is 56.3 Å². The van der Waals surface area contributed by atoms with Crippen LogP contribution >= 0.6 is 11.8 Å². The lowest BCUT2D eigenvalue weighted by atomic mass is 9.46. The van der Waals surface area contributed by atoms with Crippen molar-refractivity contribution in [3.05, 3.63) is 60.2 Å². The number of fused-ring (bicyclic) bond motifs is 6. The Bertz CT molecular complexity index is 1350. The summed E-state index contributed by atoms with van der Waals surface area (Å²) in [6, 6.07) is 11.8. The van der Waals surface area contributed by atoms with Crippen LogP contribution in [0.4, 0.5) is 0 Å². The molecule has 3 saturated carbocycles. The first-order valence-electron chi connectivity index (χ1n) is 13.4. The highest BCUT2D eigenvalue weighted by Crippen LogP contribution is 2.68. The van der Waals surface area contributed by atoms with E-state index in [1.165, 1.54) is 11.8 Å². The number of aliphatic hydroxyl groups is 2. The summed E-state index contributed by atoms with van der Waals surface area (Å²) in [4.78, 5) is 30.6. The van der Waals surface area contributed by atoms with Crippen molar-refractivity contribution >= 4 is 34.2 Å². The van der Waals surface area contributed by atoms with Crippen LogP contribution in [0.3, 0.4) is 0 Å². The topological polar surface area (TPSA) is 87.5 Å². The minimum Gasteiger partial charge on any atom is -0.393 e. The van der Waals surface area contributed by atoms with Crippen LogP contribution in [-0.4, -0.2) is 44.2 Å². The van der Waals surface area contributed by atoms with E-state index < -0.39 is 17.1 Å². The van der Waals surface area contributed by atoms with Crippen LogP contribution in [-0.2, 0) is 9.59 Å². The van der Waals surface area contributed by atoms with Crippen LogP contribution in [0.15, 0.2) is 65.2 Å². The van der Waals surface area contributed by atoms with Crippen LogP contribution < -0.4 is 0 Å². The second kappa shape index (κ2) is 8.62. The highest BCUT2D eigenvalue weighted by Gasteiger charge is 2.70. The van der Waals surface area contributed by atoms with E-state index in [0.717, 1.165) is 40.8 Å². The molecule has 1 heterocycles. The van der Waals surface area contributed by atoms with Gasteiger partial charge in [0.2, 0.25) is 0 Å². The fourth-order valence-corrected chi connectivity index (χ4v) is 9.46. The highest BCUT2D eigenvalue weighted by molar-refractivity contribution is 7.99. The molecular formula is C31H35NO4S. The van der Waals surface area contributed by atoms with Gasteiger partial charge < -0.3 is 10.2 Å². The highest BCUT2D eigenvalue weighted by atomic mass is 32.2. The second-order valence-electron chi connectivity index (χ2n) is 12.2. The van der Waals surface area contributed by atoms with E-state index in [4.69, 9.17) is 0 Å². The summed E-state index contributed by atoms with van der Waals surface area (Å²) in [5, 5.41) is 25.6. The Hall–Kier alpha value is -2.28. The number of aromatic nitrogens is 1. The normalized spacial score (nSPS) is 40.6. The van der Waals surface area contributed by atoms with Gasteiger partial charge in [0.15, 0.2) is 11.6 Å². The van der Waals surface area contributed by atoms with E-state index >= 15 is 0 Å². The minimum atomic E-state index is -1.50. The summed E-state index contributed by atoms with van der Waals surface area (Å²) in [6.45, 7) is 6.18. The molecule has 0 saturated heterocycles. The maximum absolute atomic E-state index is 13.8. The number of thioether (sulfide) groups is 1. The van der Waals surface area contributed by atoms with Crippen molar-refractivity contribution in [2.24, 2.45) is 34.5 Å². The molecule has 3 fully saturated rings. The molecule has 8 atom stereocenters. The molecule has 0 radical (unpaired) electrons. The number of para-hydroxylation sites is 1. The molecule has 37 heavy (non-hydrogen) atoms. The van der Waals surface area contributed by atoms with Crippen molar-refractivity contribution in [1.29, 1.82) is 0 Å². The molecule has 4 aliphatic carbocycles. The van der Waals surface area contributed by atoms with Crippen LogP contribution in [0, 0.1) is 34.5 Å². The number of Topliss-reactive ketones (excluding diaryl/α,β-unsaturated/α-hetero) is 1. The van der Waals surface area contributed by atoms with Crippen molar-refractivity contribution in [1.82, 2.24) is 4.98 Å². The number of allylic oxidation sites excluding steroid dienone is 4. The van der Waals surface area contributed by atoms with E-state index in [0.29, 0.717) is 6.42 Å². The van der Waals surface area contributed by atoms with Crippen LogP contribution in [0.5, 0.6) is 0 Å². The Morgan fingerprint density at radius 1 is 1.19 bits per heavy atom. The molecule has 0 bridgehead atoms. The Morgan fingerprint density at radius 2 is 1.97 bits per heavy atom. The van der Waals surface area contributed by atoms with Gasteiger partial charge in [0.25, 0.3) is 0 Å². The first kappa shape index (κ1) is 25.0. The number of ketones is 2. The van der Waals surface area contributed by atoms with E-state index in [9.17, 15) is 19.8 Å². The van der Waals surface area contributed by atoms with E-state index in [1.54, 1.807) is 12.2 Å². The molecule has 2 N–H and O–H groups in total. The lowest BCUT2D eigenvalue weighted by Gasteiger charge is -2.59. The van der Waals surface area contributed by atoms with Crippen molar-refractivity contribution in [3.8, 4) is 0 Å². The molecule has 6 heteroatoms. The van der Waals surface area contributed by atoms with Crippen molar-refractivity contribution < 1.29 is 19.8 Å². The average molecular weight is 518 g/mol. The Balaban J connectivity index is 1.27. The summed E-state index contributed by atoms with van der Waals surface area (Å²) < 4.78 is 0. The SMILES string of the molecule is C[C@@H]1CC2C3CCC4=CC(=O)C=CC4(C)C3C(O)CC2(C)[C@@]1(O)C(=O)CSc1ccc2ccccc2n1. The first-order valence-corrected chi connectivity index (χ1v) is 14.4. The Kier molecular flexibility index (Phi) is 5.83. The molecule has 0 aliphatic heterocycles. The lowest BCUT2D eigenvalue weighted by Crippen LogP contribution is -2.62. The predicted octanol–water partition coefficient (Wildman–Crippen LogP) is 5.15. The van der Waals surface area contributed by atoms with Gasteiger partial charge in [-0.2, -0.15) is 0 Å². The summed E-state index contributed by atoms with van der Waals surface area (Å²) in [6.07, 6.45) is 7.58. The molecule has 1 aromatic heterocycles. The van der Waals surface area contributed by atoms with Crippen LogP contribution in [0.1, 0.15) is 46.5 Å². The zero-order valence-corrected chi connectivity index (χ0v) is 22.5. The maximum atomic E-state index is 13.8. The molecule has 194 valence electrons. The molecular weight excluding hydrogens is 482 g/mol. The van der Waals surface area contributed by atoms with Crippen LogP contribution in [0.25, 0.3) is 10.9 Å². The molecule has 0 amide bonds. The standard InChI is InChI=1S/C31H35NO4S/c1-18-14-23-22-10-9-20-15-21(33)12-13-29(20,2)28(22)25(34)16-30(23,3)31(18,36)26(35)17-37-27-11-8-19-6-4-5-7-24(19)32-27/h4-8,11-13,15,18,22-23,25,28,34,36H,9-10,14,16-17H2,1-3H3/t18-,22?,23?,25?,28?,29?,30?,31+/m1/s1. The fraction of sp³-hybridized carbons (Fsp3) is 0.516. The predicted molar refractivity (Wildman–Crippen MR) is 145 cm³/mol. The van der Waals surface area contributed by atoms with Gasteiger partial charge in [0.1, 0.15) is 5.60 Å². The largest absolute Gasteiger partial charge is 0.393 e. The maximum Gasteiger partial charge on any atom is 0.178 e. The molecule has 0 spiro atoms. The fourth-order valence-electron chi connectivity index (χ4n) is 8.63. The summed E-state index contributed by atoms with van der Waals surface area (Å²) in [5.41, 5.74) is -0.557. The number of aliphatic hydroxyl groups excluding tert-OH is 1. The molecule has 6 unspecified atom stereocenters. The van der Waals surface area contributed by atoms with Crippen molar-refractivity contribution in [2.75, 3.05) is 5.75 Å². The number of carbonyl (C=O) groups excluding carboxylic acids is 2. The van der Waals surface area contributed by atoms with Gasteiger partial charge in [0.05, 0.1) is 22.4 Å². The summed E-state index contributed by atoms with van der Waals surface area (Å²) in [7, 11) is 0. The second-order valence-corrected chi connectivity index (χ2v) is 13.2. The zero-order valence-electron chi connectivity index (χ0n) is 21.7. The van der Waals surface area contributed by atoms with Gasteiger partial charge >= 0.3 is 0 Å². The van der Waals surface area contributed by atoms with E-state index in [-0.39, 0.29) is 46.4 Å². The van der Waals surface area contributed by atoms with Gasteiger partial charge in [-0.3, -0.25) is 9.59 Å². The van der Waals surface area contributed by atoms with Gasteiger partial charge in [-0.25, -0.2) is 4.98 Å². The van der Waals surface area contributed by atoms with Crippen LogP contribution in [0.2, 0.25) is 0 Å². The molecule has 4 aliphatic rings. The number of hydrogen-bond donors (Lipinski definition) is 2. The molecule has 5 nitrogen and oxygen atoms in total. The molecule has 1 aromatic carbocycles. The van der Waals surface area contributed by atoms with E-state index in [2.05, 4.69) is 11.9 Å². The number of hydrogen-bond acceptors (Lipinski definition) is 6. The first-order chi connectivity index (χ1) is 17.6. The lowest BCUT2D eigenvalue weighted by molar-refractivity contribution is -0.179. The number of nitrogens with zero attached hydrogens (tertiary/aromatic N) is 1. The Morgan fingerprint density at radius 3 is 2.78 bits per heavy atom. The zero-order chi connectivity index (χ0) is 26.2. The van der Waals surface area contributed by atoms with Crippen molar-refractivity contribution in [2.45, 2.75) is 63.2 Å². The van der Waals surface area contributed by atoms with Gasteiger partial charge in [-0.1, -0.05) is 68.4 Å². The number of rotatable bonds is 4. The molecule has 6 rings (SSSR count). The summed E-state index contributed by atoms with van der Waals surface area (Å²) in [5.74, 6) is 0.116. The quantitative estimate of drug-likeness (QED) is 0.546. The summed E-state index contributed by atoms with van der Waals surface area (Å²) >= 11 is 1.38. The van der Waals surface area contributed by atoms with Gasteiger partial charge in [0, 0.05) is 22.1 Å². The number of benzene rings is 1. The van der Waals surface area contributed by atoms with Gasteiger partial charge in [-0.05, 0) is 67.7 Å². The third kappa shape index (κ3) is 3.55. The smallest absolute Gasteiger partial charge is 0.178 e. The third-order valence-corrected chi connectivity index (χ3v) is 11.4. The van der Waals surface area contributed by atoms with Gasteiger partial charge in [-0.15, -0.1) is 0 Å². The number of pyridine rings is 1. The molecule has 2 aromatic rings. The average Bonchev–Trinajstić information content (AvgIpc) is 3.08. The number of carbonyl (C=O) groups is 2. The van der Waals surface area contributed by atoms with Crippen molar-refractivity contribution in [3.63, 3.8) is 0 Å². The minimum absolute atomic E-state index is 0.0178. The monoisotopic (exact) mass is 517 g/mol.